The lowest BCUT2D eigenvalue weighted by molar-refractivity contribution is -0.107. The summed E-state index contributed by atoms with van der Waals surface area (Å²) in [6.07, 6.45) is 2.04. The smallest absolute Gasteiger partial charge is 0.330 e. The minimum absolute atomic E-state index is 0.0126. The second-order valence-electron chi connectivity index (χ2n) is 11.0. The van der Waals surface area contributed by atoms with Crippen LogP contribution in [0.25, 0.3) is 0 Å². The van der Waals surface area contributed by atoms with Gasteiger partial charge in [0.1, 0.15) is 35.7 Å². The summed E-state index contributed by atoms with van der Waals surface area (Å²) in [5.74, 6) is 1.39. The third-order valence-corrected chi connectivity index (χ3v) is 8.21. The topological polar surface area (TPSA) is 129 Å². The molecule has 0 spiro atoms. The SMILES string of the molecule is COc1ccc(C(OC[C@H]2O[C@@H](n3cc(CCCCC=O)c(=O)[nH]c3=O)C[C@@H]2O)(c2ccccc2)c2ccc(OC)cc2)cc1. The van der Waals surface area contributed by atoms with Crippen LogP contribution in [0.4, 0.5) is 0 Å². The van der Waals surface area contributed by atoms with Crippen LogP contribution in [0, 0.1) is 0 Å². The fourth-order valence-electron chi connectivity index (χ4n) is 5.78. The number of rotatable bonds is 14. The number of H-pyrrole nitrogens is 1. The first-order chi connectivity index (χ1) is 21.9. The van der Waals surface area contributed by atoms with Crippen molar-refractivity contribution in [1.82, 2.24) is 9.55 Å². The summed E-state index contributed by atoms with van der Waals surface area (Å²) < 4.78 is 25.3. The number of aryl methyl sites for hydroxylation is 1. The number of benzene rings is 3. The van der Waals surface area contributed by atoms with Crippen molar-refractivity contribution in [2.45, 2.75) is 56.1 Å². The Balaban J connectivity index is 1.46. The van der Waals surface area contributed by atoms with Crippen LogP contribution in [0.1, 0.15) is 54.2 Å². The number of unbranched alkanes of at least 4 members (excludes halogenated alkanes) is 2. The van der Waals surface area contributed by atoms with Crippen molar-refractivity contribution < 1.29 is 28.8 Å². The van der Waals surface area contributed by atoms with Gasteiger partial charge in [0.2, 0.25) is 0 Å². The molecule has 2 N–H and O–H groups in total. The van der Waals surface area contributed by atoms with Crippen molar-refractivity contribution in [3.05, 3.63) is 128 Å². The zero-order chi connectivity index (χ0) is 31.8. The monoisotopic (exact) mass is 614 g/mol. The van der Waals surface area contributed by atoms with E-state index in [-0.39, 0.29) is 13.0 Å². The normalized spacial score (nSPS) is 18.1. The maximum absolute atomic E-state index is 12.8. The summed E-state index contributed by atoms with van der Waals surface area (Å²) >= 11 is 0. The van der Waals surface area contributed by atoms with Gasteiger partial charge in [-0.1, -0.05) is 54.6 Å². The van der Waals surface area contributed by atoms with E-state index in [0.717, 1.165) is 23.0 Å². The molecule has 4 aromatic rings. The Bertz CT molecular complexity index is 1620. The molecule has 3 aromatic carbocycles. The van der Waals surface area contributed by atoms with Gasteiger partial charge in [0, 0.05) is 24.6 Å². The second kappa shape index (κ2) is 14.5. The van der Waals surface area contributed by atoms with Gasteiger partial charge in [-0.3, -0.25) is 14.3 Å². The van der Waals surface area contributed by atoms with Crippen LogP contribution in [-0.2, 0) is 26.3 Å². The molecule has 0 bridgehead atoms. The summed E-state index contributed by atoms with van der Waals surface area (Å²) in [4.78, 5) is 38.2. The summed E-state index contributed by atoms with van der Waals surface area (Å²) in [6.45, 7) is -0.0126. The number of hydrogen-bond acceptors (Lipinski definition) is 8. The number of aromatic nitrogens is 2. The van der Waals surface area contributed by atoms with Gasteiger partial charge in [0.15, 0.2) is 0 Å². The Morgan fingerprint density at radius 3 is 2.09 bits per heavy atom. The number of carbonyl (C=O) groups is 1. The molecular formula is C35H38N2O8. The summed E-state index contributed by atoms with van der Waals surface area (Å²) in [5.41, 5.74) is 0.753. The van der Waals surface area contributed by atoms with Crippen LogP contribution >= 0.6 is 0 Å². The van der Waals surface area contributed by atoms with Crippen LogP contribution in [0.2, 0.25) is 0 Å². The zero-order valence-corrected chi connectivity index (χ0v) is 25.4. The van der Waals surface area contributed by atoms with E-state index >= 15 is 0 Å². The van der Waals surface area contributed by atoms with Gasteiger partial charge in [-0.2, -0.15) is 0 Å². The average molecular weight is 615 g/mol. The molecule has 236 valence electrons. The van der Waals surface area contributed by atoms with E-state index in [1.54, 1.807) is 14.2 Å². The number of hydrogen-bond donors (Lipinski definition) is 2. The van der Waals surface area contributed by atoms with Gasteiger partial charge in [0.05, 0.1) is 26.9 Å². The van der Waals surface area contributed by atoms with Crippen LogP contribution in [0.3, 0.4) is 0 Å². The summed E-state index contributed by atoms with van der Waals surface area (Å²) in [5, 5.41) is 11.1. The number of nitrogens with zero attached hydrogens (tertiary/aromatic N) is 1. The molecule has 0 unspecified atom stereocenters. The number of aliphatic hydroxyl groups excluding tert-OH is 1. The molecule has 3 atom stereocenters. The van der Waals surface area contributed by atoms with E-state index < -0.39 is 35.3 Å². The van der Waals surface area contributed by atoms with Crippen LogP contribution in [-0.4, -0.2) is 54.0 Å². The number of ether oxygens (including phenoxy) is 4. The molecule has 0 amide bonds. The Morgan fingerprint density at radius 1 is 0.911 bits per heavy atom. The number of aliphatic hydroxyl groups is 1. The Kier molecular flexibility index (Phi) is 10.3. The van der Waals surface area contributed by atoms with Crippen LogP contribution in [0.15, 0.2) is 94.6 Å². The number of methoxy groups -OCH3 is 2. The molecule has 10 nitrogen and oxygen atoms in total. The molecule has 10 heteroatoms. The van der Waals surface area contributed by atoms with Crippen molar-refractivity contribution in [2.75, 3.05) is 20.8 Å². The predicted molar refractivity (Wildman–Crippen MR) is 168 cm³/mol. The Morgan fingerprint density at radius 2 is 1.51 bits per heavy atom. The highest BCUT2D eigenvalue weighted by molar-refractivity contribution is 5.50. The first-order valence-electron chi connectivity index (χ1n) is 15.0. The highest BCUT2D eigenvalue weighted by atomic mass is 16.6. The molecule has 2 heterocycles. The molecule has 1 aliphatic rings. The fraction of sp³-hybridized carbons (Fsp3) is 0.343. The molecule has 1 aromatic heterocycles. The molecular weight excluding hydrogens is 576 g/mol. The van der Waals surface area contributed by atoms with E-state index in [1.165, 1.54) is 10.8 Å². The lowest BCUT2D eigenvalue weighted by Gasteiger charge is -2.37. The van der Waals surface area contributed by atoms with E-state index in [9.17, 15) is 19.5 Å². The third-order valence-electron chi connectivity index (χ3n) is 8.21. The van der Waals surface area contributed by atoms with Gasteiger partial charge in [0.25, 0.3) is 5.56 Å². The first-order valence-corrected chi connectivity index (χ1v) is 15.0. The molecule has 1 saturated heterocycles. The van der Waals surface area contributed by atoms with Crippen molar-refractivity contribution in [3.8, 4) is 11.5 Å². The van der Waals surface area contributed by atoms with Crippen LogP contribution in [0.5, 0.6) is 11.5 Å². The lowest BCUT2D eigenvalue weighted by Crippen LogP contribution is -2.38. The maximum Gasteiger partial charge on any atom is 0.330 e. The molecule has 0 radical (unpaired) electrons. The Labute approximate surface area is 261 Å². The lowest BCUT2D eigenvalue weighted by atomic mass is 9.80. The molecule has 1 aliphatic heterocycles. The highest BCUT2D eigenvalue weighted by Crippen LogP contribution is 2.42. The molecule has 0 aliphatic carbocycles. The minimum Gasteiger partial charge on any atom is -0.497 e. The summed E-state index contributed by atoms with van der Waals surface area (Å²) in [7, 11) is 3.22. The second-order valence-corrected chi connectivity index (χ2v) is 11.0. The number of aldehydes is 1. The molecule has 0 saturated carbocycles. The quantitative estimate of drug-likeness (QED) is 0.123. The van der Waals surface area contributed by atoms with E-state index in [0.29, 0.717) is 42.7 Å². The van der Waals surface area contributed by atoms with Gasteiger partial charge in [-0.05, 0) is 60.2 Å². The standard InChI is InChI=1S/C35H38N2O8/c1-42-28-16-12-26(13-17-28)35(25-10-6-3-7-11-25,27-14-18-29(43-2)19-15-27)44-23-31-30(39)21-32(45-31)37-22-24(9-5-4-8-20-38)33(40)36-34(37)41/h3,6-7,10-20,22,30-32,39H,4-5,8-9,21,23H2,1-2H3,(H,36,40,41)/t30-,31+,32+/m0/s1. The predicted octanol–water partition coefficient (Wildman–Crippen LogP) is 4.12. The van der Waals surface area contributed by atoms with Gasteiger partial charge in [-0.15, -0.1) is 0 Å². The van der Waals surface area contributed by atoms with E-state index in [1.807, 2.05) is 78.9 Å². The van der Waals surface area contributed by atoms with E-state index in [4.69, 9.17) is 18.9 Å². The maximum atomic E-state index is 12.8. The average Bonchev–Trinajstić information content (AvgIpc) is 3.44. The van der Waals surface area contributed by atoms with Crippen LogP contribution < -0.4 is 20.7 Å². The van der Waals surface area contributed by atoms with Gasteiger partial charge in [-0.25, -0.2) is 4.79 Å². The fourth-order valence-corrected chi connectivity index (χ4v) is 5.78. The van der Waals surface area contributed by atoms with Crippen molar-refractivity contribution in [3.63, 3.8) is 0 Å². The Hall–Kier alpha value is -4.51. The molecule has 45 heavy (non-hydrogen) atoms. The minimum atomic E-state index is -1.11. The first kappa shape index (κ1) is 31.9. The van der Waals surface area contributed by atoms with Gasteiger partial charge >= 0.3 is 5.69 Å². The van der Waals surface area contributed by atoms with Crippen molar-refractivity contribution in [2.24, 2.45) is 0 Å². The summed E-state index contributed by atoms with van der Waals surface area (Å²) in [6, 6.07) is 25.1. The molecule has 5 rings (SSSR count). The number of nitrogens with one attached hydrogen (secondary N) is 1. The molecule has 1 fully saturated rings. The zero-order valence-electron chi connectivity index (χ0n) is 25.4. The van der Waals surface area contributed by atoms with Gasteiger partial charge < -0.3 is 28.8 Å². The number of carbonyl (C=O) groups excluding carboxylic acids is 1. The van der Waals surface area contributed by atoms with E-state index in [2.05, 4.69) is 4.98 Å². The van der Waals surface area contributed by atoms with Crippen molar-refractivity contribution >= 4 is 6.29 Å². The third kappa shape index (κ3) is 6.93. The van der Waals surface area contributed by atoms with Crippen molar-refractivity contribution in [1.29, 1.82) is 0 Å². The largest absolute Gasteiger partial charge is 0.497 e. The number of aromatic amines is 1. The highest BCUT2D eigenvalue weighted by Gasteiger charge is 2.42.